The molecule has 0 aliphatic heterocycles. The summed E-state index contributed by atoms with van der Waals surface area (Å²) in [6.07, 6.45) is 0. The highest BCUT2D eigenvalue weighted by molar-refractivity contribution is 5.57. The lowest BCUT2D eigenvalue weighted by atomic mass is 10.2. The highest BCUT2D eigenvalue weighted by Crippen LogP contribution is 2.34. The summed E-state index contributed by atoms with van der Waals surface area (Å²) < 4.78 is 24.3. The van der Waals surface area contributed by atoms with E-state index in [4.69, 9.17) is 20.6 Å². The van der Waals surface area contributed by atoms with Gasteiger partial charge in [-0.1, -0.05) is 12.1 Å². The number of anilines is 1. The van der Waals surface area contributed by atoms with Crippen LogP contribution in [0, 0.1) is 17.1 Å². The van der Waals surface area contributed by atoms with Crippen molar-refractivity contribution in [2.45, 2.75) is 0 Å². The van der Waals surface area contributed by atoms with E-state index in [2.05, 4.69) is 5.43 Å². The monoisotopic (exact) mass is 273 g/mol. The summed E-state index contributed by atoms with van der Waals surface area (Å²) >= 11 is 0. The molecule has 0 aliphatic carbocycles. The molecule has 20 heavy (non-hydrogen) atoms. The summed E-state index contributed by atoms with van der Waals surface area (Å²) in [7, 11) is 1.50. The lowest BCUT2D eigenvalue weighted by molar-refractivity contribution is 0.378. The number of hydrogen-bond donors (Lipinski definition) is 2. The molecule has 0 heterocycles. The van der Waals surface area contributed by atoms with Crippen molar-refractivity contribution in [2.75, 3.05) is 12.5 Å². The number of hydrogen-bond acceptors (Lipinski definition) is 5. The zero-order valence-corrected chi connectivity index (χ0v) is 10.7. The minimum atomic E-state index is -0.628. The Morgan fingerprint density at radius 2 is 1.90 bits per heavy atom. The van der Waals surface area contributed by atoms with Crippen LogP contribution in [0.15, 0.2) is 36.4 Å². The van der Waals surface area contributed by atoms with E-state index in [9.17, 15) is 4.39 Å². The molecular formula is C14H12FN3O2. The van der Waals surface area contributed by atoms with Crippen molar-refractivity contribution in [3.63, 3.8) is 0 Å². The molecule has 0 atom stereocenters. The Kier molecular flexibility index (Phi) is 4.03. The third-order valence-corrected chi connectivity index (χ3v) is 2.63. The zero-order chi connectivity index (χ0) is 14.5. The molecule has 0 aliphatic rings. The molecule has 2 aromatic rings. The number of rotatable bonds is 4. The van der Waals surface area contributed by atoms with Gasteiger partial charge in [0, 0.05) is 6.07 Å². The quantitative estimate of drug-likeness (QED) is 0.661. The fourth-order valence-corrected chi connectivity index (χ4v) is 1.66. The third-order valence-electron chi connectivity index (χ3n) is 2.63. The number of ether oxygens (including phenoxy) is 2. The number of methoxy groups -OCH3 is 1. The Morgan fingerprint density at radius 1 is 1.20 bits per heavy atom. The molecule has 0 saturated carbocycles. The van der Waals surface area contributed by atoms with Gasteiger partial charge >= 0.3 is 0 Å². The summed E-state index contributed by atoms with van der Waals surface area (Å²) in [5.41, 5.74) is 2.30. The van der Waals surface area contributed by atoms with Crippen LogP contribution in [0.1, 0.15) is 5.56 Å². The van der Waals surface area contributed by atoms with E-state index in [-0.39, 0.29) is 17.0 Å². The molecule has 0 amide bonds. The summed E-state index contributed by atoms with van der Waals surface area (Å²) in [6.45, 7) is 0. The lowest BCUT2D eigenvalue weighted by Crippen LogP contribution is -2.09. The predicted octanol–water partition coefficient (Wildman–Crippen LogP) is 2.78. The number of benzene rings is 2. The summed E-state index contributed by atoms with van der Waals surface area (Å²) in [5.74, 6) is 5.69. The average molecular weight is 273 g/mol. The topological polar surface area (TPSA) is 80.3 Å². The van der Waals surface area contributed by atoms with Crippen molar-refractivity contribution in [1.82, 2.24) is 0 Å². The van der Waals surface area contributed by atoms with Crippen LogP contribution in [-0.2, 0) is 0 Å². The molecule has 102 valence electrons. The summed E-state index contributed by atoms with van der Waals surface area (Å²) in [6, 6.07) is 11.2. The minimum absolute atomic E-state index is 0.0360. The van der Waals surface area contributed by atoms with Crippen molar-refractivity contribution < 1.29 is 13.9 Å². The molecule has 6 heteroatoms. The Hall–Kier alpha value is -2.78. The molecule has 5 nitrogen and oxygen atoms in total. The van der Waals surface area contributed by atoms with Gasteiger partial charge in [-0.2, -0.15) is 5.26 Å². The number of nitrogens with two attached hydrogens (primary N) is 1. The van der Waals surface area contributed by atoms with E-state index < -0.39 is 5.82 Å². The lowest BCUT2D eigenvalue weighted by Gasteiger charge is -2.12. The standard InChI is InChI=1S/C14H12FN3O2/c1-19-12-4-2-3-5-13(12)20-14-7-11(18-17)10(15)6-9(14)8-16/h2-7,18H,17H2,1H3. The number of nitriles is 1. The van der Waals surface area contributed by atoms with Crippen LogP contribution in [0.2, 0.25) is 0 Å². The van der Waals surface area contributed by atoms with Gasteiger partial charge in [-0.05, 0) is 18.2 Å². The van der Waals surface area contributed by atoms with Crippen molar-refractivity contribution in [3.05, 3.63) is 47.8 Å². The van der Waals surface area contributed by atoms with E-state index in [0.717, 1.165) is 6.07 Å². The van der Waals surface area contributed by atoms with Crippen LogP contribution in [0.4, 0.5) is 10.1 Å². The smallest absolute Gasteiger partial charge is 0.169 e. The van der Waals surface area contributed by atoms with E-state index in [1.54, 1.807) is 24.3 Å². The molecule has 3 N–H and O–H groups in total. The Bertz CT molecular complexity index is 668. The first kappa shape index (κ1) is 13.6. The maximum absolute atomic E-state index is 13.5. The second-order valence-electron chi connectivity index (χ2n) is 3.84. The van der Waals surface area contributed by atoms with Gasteiger partial charge < -0.3 is 14.9 Å². The molecule has 0 aromatic heterocycles. The van der Waals surface area contributed by atoms with Gasteiger partial charge in [-0.15, -0.1) is 0 Å². The Labute approximate surface area is 115 Å². The van der Waals surface area contributed by atoms with Gasteiger partial charge in [0.1, 0.15) is 17.6 Å². The fourth-order valence-electron chi connectivity index (χ4n) is 1.66. The molecule has 2 rings (SSSR count). The Balaban J connectivity index is 2.45. The van der Waals surface area contributed by atoms with Gasteiger partial charge in [0.2, 0.25) is 0 Å². The van der Waals surface area contributed by atoms with E-state index in [1.807, 2.05) is 6.07 Å². The largest absolute Gasteiger partial charge is 0.493 e. The van der Waals surface area contributed by atoms with Crippen molar-refractivity contribution in [3.8, 4) is 23.3 Å². The molecule has 0 unspecified atom stereocenters. The molecule has 2 aromatic carbocycles. The van der Waals surface area contributed by atoms with Gasteiger partial charge in [0.25, 0.3) is 0 Å². The molecular weight excluding hydrogens is 261 g/mol. The number of hydrazine groups is 1. The molecule has 0 bridgehead atoms. The van der Waals surface area contributed by atoms with Crippen LogP contribution < -0.4 is 20.7 Å². The number of para-hydroxylation sites is 2. The van der Waals surface area contributed by atoms with Crippen LogP contribution in [0.5, 0.6) is 17.2 Å². The number of nitrogens with one attached hydrogen (secondary N) is 1. The van der Waals surface area contributed by atoms with E-state index in [0.29, 0.717) is 11.5 Å². The van der Waals surface area contributed by atoms with Gasteiger partial charge in [-0.25, -0.2) is 4.39 Å². The number of nitrogens with zero attached hydrogens (tertiary/aromatic N) is 1. The first-order valence-corrected chi connectivity index (χ1v) is 5.70. The molecule has 0 radical (unpaired) electrons. The first-order chi connectivity index (χ1) is 9.69. The second kappa shape index (κ2) is 5.91. The van der Waals surface area contributed by atoms with Crippen molar-refractivity contribution >= 4 is 5.69 Å². The SMILES string of the molecule is COc1ccccc1Oc1cc(NN)c(F)cc1C#N. The molecule has 0 saturated heterocycles. The number of halogens is 1. The van der Waals surface area contributed by atoms with Crippen LogP contribution in [0.25, 0.3) is 0 Å². The first-order valence-electron chi connectivity index (χ1n) is 5.70. The molecule has 0 spiro atoms. The highest BCUT2D eigenvalue weighted by atomic mass is 19.1. The van der Waals surface area contributed by atoms with Gasteiger partial charge in [-0.3, -0.25) is 5.84 Å². The molecule has 0 fully saturated rings. The maximum Gasteiger partial charge on any atom is 0.169 e. The van der Waals surface area contributed by atoms with Crippen molar-refractivity contribution in [1.29, 1.82) is 5.26 Å². The predicted molar refractivity (Wildman–Crippen MR) is 72.0 cm³/mol. The minimum Gasteiger partial charge on any atom is -0.493 e. The van der Waals surface area contributed by atoms with Crippen LogP contribution in [0.3, 0.4) is 0 Å². The van der Waals surface area contributed by atoms with Crippen molar-refractivity contribution in [2.24, 2.45) is 5.84 Å². The van der Waals surface area contributed by atoms with Gasteiger partial charge in [0.15, 0.2) is 11.5 Å². The van der Waals surface area contributed by atoms with Crippen LogP contribution >= 0.6 is 0 Å². The van der Waals surface area contributed by atoms with E-state index >= 15 is 0 Å². The zero-order valence-electron chi connectivity index (χ0n) is 10.7. The summed E-state index contributed by atoms with van der Waals surface area (Å²) in [4.78, 5) is 0. The van der Waals surface area contributed by atoms with Crippen LogP contribution in [-0.4, -0.2) is 7.11 Å². The fraction of sp³-hybridized carbons (Fsp3) is 0.0714. The van der Waals surface area contributed by atoms with Gasteiger partial charge in [0.05, 0.1) is 18.4 Å². The average Bonchev–Trinajstić information content (AvgIpc) is 2.49. The normalized spacial score (nSPS) is 9.70. The second-order valence-corrected chi connectivity index (χ2v) is 3.84. The maximum atomic E-state index is 13.5. The highest BCUT2D eigenvalue weighted by Gasteiger charge is 2.13. The number of nitrogen functional groups attached to an aromatic ring is 1. The third kappa shape index (κ3) is 2.63. The summed E-state index contributed by atoms with van der Waals surface area (Å²) in [5, 5.41) is 9.03. The van der Waals surface area contributed by atoms with E-state index in [1.165, 1.54) is 13.2 Å². The Morgan fingerprint density at radius 3 is 2.50 bits per heavy atom.